The standard InChI is InChI=1S/C43H87O9P/c1-3-5-7-9-11-13-14-15-16-17-18-19-20-21-22-23-24-25-26-28-30-32-34-36-49-39-42(40-51-53(47,48)50-38-41(45)37-44)52-43(46)35-33-31-29-27-12-10-8-6-4-2/h41-42,44-45H,3-40H2,1-2H3,(H,47,48). The molecular formula is C43H87O9P. The van der Waals surface area contributed by atoms with Gasteiger partial charge in [0.05, 0.1) is 26.4 Å². The summed E-state index contributed by atoms with van der Waals surface area (Å²) in [7, 11) is -4.50. The van der Waals surface area contributed by atoms with Crippen molar-refractivity contribution in [3.05, 3.63) is 0 Å². The third-order valence-electron chi connectivity index (χ3n) is 10.0. The highest BCUT2D eigenvalue weighted by molar-refractivity contribution is 7.47. The topological polar surface area (TPSA) is 132 Å². The summed E-state index contributed by atoms with van der Waals surface area (Å²) in [5, 5.41) is 18.3. The minimum absolute atomic E-state index is 0.0576. The van der Waals surface area contributed by atoms with Crippen molar-refractivity contribution in [1.82, 2.24) is 0 Å². The van der Waals surface area contributed by atoms with Gasteiger partial charge < -0.3 is 24.6 Å². The van der Waals surface area contributed by atoms with Gasteiger partial charge in [-0.25, -0.2) is 4.57 Å². The molecule has 9 nitrogen and oxygen atoms in total. The Morgan fingerprint density at radius 2 is 0.849 bits per heavy atom. The first-order chi connectivity index (χ1) is 25.8. The highest BCUT2D eigenvalue weighted by Gasteiger charge is 2.26. The van der Waals surface area contributed by atoms with Gasteiger partial charge in [-0.3, -0.25) is 13.8 Å². The number of aliphatic hydroxyl groups is 2. The zero-order valence-corrected chi connectivity index (χ0v) is 35.7. The Hall–Kier alpha value is -0.540. The van der Waals surface area contributed by atoms with E-state index in [4.69, 9.17) is 23.6 Å². The first-order valence-corrected chi connectivity index (χ1v) is 24.0. The Morgan fingerprint density at radius 1 is 0.509 bits per heavy atom. The number of esters is 1. The molecule has 0 heterocycles. The quantitative estimate of drug-likeness (QED) is 0.0314. The summed E-state index contributed by atoms with van der Waals surface area (Å²) in [5.41, 5.74) is 0. The summed E-state index contributed by atoms with van der Waals surface area (Å²) in [5.74, 6) is -0.380. The van der Waals surface area contributed by atoms with Gasteiger partial charge in [0, 0.05) is 13.0 Å². The minimum Gasteiger partial charge on any atom is -0.457 e. The lowest BCUT2D eigenvalue weighted by Crippen LogP contribution is -2.29. The number of phosphoric ester groups is 1. The van der Waals surface area contributed by atoms with Crippen LogP contribution in [0.3, 0.4) is 0 Å². The second kappa shape index (κ2) is 41.1. The maximum Gasteiger partial charge on any atom is 0.472 e. The van der Waals surface area contributed by atoms with Crippen LogP contribution < -0.4 is 0 Å². The van der Waals surface area contributed by atoms with E-state index in [1.165, 1.54) is 173 Å². The van der Waals surface area contributed by atoms with Gasteiger partial charge in [0.1, 0.15) is 12.2 Å². The lowest BCUT2D eigenvalue weighted by molar-refractivity contribution is -0.154. The van der Waals surface area contributed by atoms with E-state index in [0.29, 0.717) is 6.61 Å². The molecule has 3 N–H and O–H groups in total. The molecule has 10 heteroatoms. The molecule has 3 unspecified atom stereocenters. The molecule has 0 saturated heterocycles. The average Bonchev–Trinajstić information content (AvgIpc) is 3.15. The van der Waals surface area contributed by atoms with Crippen LogP contribution in [0.1, 0.15) is 226 Å². The highest BCUT2D eigenvalue weighted by Crippen LogP contribution is 2.43. The minimum atomic E-state index is -4.50. The van der Waals surface area contributed by atoms with Crippen LogP contribution in [0, 0.1) is 0 Å². The average molecular weight is 779 g/mol. The van der Waals surface area contributed by atoms with Crippen molar-refractivity contribution in [2.75, 3.05) is 33.0 Å². The number of unbranched alkanes of at least 4 members (excludes halogenated alkanes) is 30. The number of hydrogen-bond donors (Lipinski definition) is 3. The zero-order chi connectivity index (χ0) is 38.9. The SMILES string of the molecule is CCCCCCCCCCCCCCCCCCCCCCCCCOCC(COP(=O)(O)OCC(O)CO)OC(=O)CCCCCCCCCCC. The summed E-state index contributed by atoms with van der Waals surface area (Å²) in [6, 6.07) is 0. The van der Waals surface area contributed by atoms with Gasteiger partial charge in [-0.05, 0) is 12.8 Å². The molecule has 318 valence electrons. The number of rotatable bonds is 44. The summed E-state index contributed by atoms with van der Waals surface area (Å²) in [6.07, 6.45) is 39.4. The molecule has 0 aliphatic carbocycles. The number of ether oxygens (including phenoxy) is 2. The van der Waals surface area contributed by atoms with Gasteiger partial charge in [-0.1, -0.05) is 206 Å². The van der Waals surface area contributed by atoms with E-state index in [-0.39, 0.29) is 25.6 Å². The van der Waals surface area contributed by atoms with Crippen molar-refractivity contribution in [2.45, 2.75) is 238 Å². The Morgan fingerprint density at radius 3 is 1.23 bits per heavy atom. The van der Waals surface area contributed by atoms with Gasteiger partial charge in [-0.15, -0.1) is 0 Å². The smallest absolute Gasteiger partial charge is 0.457 e. The molecule has 0 rings (SSSR count). The second-order valence-corrected chi connectivity index (χ2v) is 16.9. The fourth-order valence-corrected chi connectivity index (χ4v) is 7.38. The van der Waals surface area contributed by atoms with Crippen molar-refractivity contribution in [3.8, 4) is 0 Å². The van der Waals surface area contributed by atoms with Gasteiger partial charge in [-0.2, -0.15) is 0 Å². The van der Waals surface area contributed by atoms with Gasteiger partial charge in [0.15, 0.2) is 0 Å². The van der Waals surface area contributed by atoms with Crippen molar-refractivity contribution >= 4 is 13.8 Å². The summed E-state index contributed by atoms with van der Waals surface area (Å²) >= 11 is 0. The van der Waals surface area contributed by atoms with E-state index in [1.54, 1.807) is 0 Å². The predicted molar refractivity (Wildman–Crippen MR) is 219 cm³/mol. The first-order valence-electron chi connectivity index (χ1n) is 22.5. The lowest BCUT2D eigenvalue weighted by Gasteiger charge is -2.20. The zero-order valence-electron chi connectivity index (χ0n) is 34.8. The molecule has 3 atom stereocenters. The molecule has 53 heavy (non-hydrogen) atoms. The largest absolute Gasteiger partial charge is 0.472 e. The molecule has 0 radical (unpaired) electrons. The van der Waals surface area contributed by atoms with Crippen LogP contribution >= 0.6 is 7.82 Å². The second-order valence-electron chi connectivity index (χ2n) is 15.4. The molecule has 0 aromatic heterocycles. The summed E-state index contributed by atoms with van der Waals surface area (Å²) in [6.45, 7) is 3.55. The number of aliphatic hydroxyl groups excluding tert-OH is 2. The van der Waals surface area contributed by atoms with Crippen LogP contribution in [-0.2, 0) is 27.9 Å². The molecule has 0 aliphatic rings. The van der Waals surface area contributed by atoms with Crippen LogP contribution in [0.5, 0.6) is 0 Å². The molecule has 0 spiro atoms. The molecule has 0 aliphatic heterocycles. The molecule has 0 saturated carbocycles. The summed E-state index contributed by atoms with van der Waals surface area (Å²) in [4.78, 5) is 22.5. The molecule has 0 bridgehead atoms. The van der Waals surface area contributed by atoms with Crippen LogP contribution in [0.25, 0.3) is 0 Å². The summed E-state index contributed by atoms with van der Waals surface area (Å²) < 4.78 is 33.3. The van der Waals surface area contributed by atoms with Crippen molar-refractivity contribution < 1.29 is 43.0 Å². The van der Waals surface area contributed by atoms with Crippen LogP contribution in [0.4, 0.5) is 0 Å². The molecule has 0 aromatic rings. The fraction of sp³-hybridized carbons (Fsp3) is 0.977. The van der Waals surface area contributed by atoms with E-state index in [9.17, 15) is 19.4 Å². The lowest BCUT2D eigenvalue weighted by atomic mass is 10.0. The number of carbonyl (C=O) groups excluding carboxylic acids is 1. The number of hydrogen-bond acceptors (Lipinski definition) is 8. The van der Waals surface area contributed by atoms with Crippen LogP contribution in [0.15, 0.2) is 0 Å². The van der Waals surface area contributed by atoms with Crippen LogP contribution in [0.2, 0.25) is 0 Å². The normalized spacial score (nSPS) is 14.0. The molecule has 0 amide bonds. The van der Waals surface area contributed by atoms with E-state index in [2.05, 4.69) is 13.8 Å². The molecular weight excluding hydrogens is 691 g/mol. The maximum absolute atomic E-state index is 12.5. The van der Waals surface area contributed by atoms with E-state index >= 15 is 0 Å². The third kappa shape index (κ3) is 40.9. The van der Waals surface area contributed by atoms with E-state index < -0.39 is 33.2 Å². The van der Waals surface area contributed by atoms with Crippen molar-refractivity contribution in [3.63, 3.8) is 0 Å². The Labute approximate surface area is 327 Å². The monoisotopic (exact) mass is 779 g/mol. The fourth-order valence-electron chi connectivity index (χ4n) is 6.59. The van der Waals surface area contributed by atoms with Crippen molar-refractivity contribution in [2.24, 2.45) is 0 Å². The van der Waals surface area contributed by atoms with E-state index in [1.807, 2.05) is 0 Å². The number of carbonyl (C=O) groups is 1. The Kier molecular flexibility index (Phi) is 40.7. The predicted octanol–water partition coefficient (Wildman–Crippen LogP) is 12.3. The van der Waals surface area contributed by atoms with Gasteiger partial charge in [0.25, 0.3) is 0 Å². The first kappa shape index (κ1) is 52.5. The third-order valence-corrected chi connectivity index (χ3v) is 11.0. The number of phosphoric acid groups is 1. The Bertz CT molecular complexity index is 800. The highest BCUT2D eigenvalue weighted by atomic mass is 31.2. The van der Waals surface area contributed by atoms with Crippen molar-refractivity contribution in [1.29, 1.82) is 0 Å². The maximum atomic E-state index is 12.5. The van der Waals surface area contributed by atoms with Gasteiger partial charge in [0.2, 0.25) is 0 Å². The molecule has 0 aromatic carbocycles. The Balaban J connectivity index is 3.93. The molecule has 0 fully saturated rings. The van der Waals surface area contributed by atoms with Gasteiger partial charge >= 0.3 is 13.8 Å². The van der Waals surface area contributed by atoms with E-state index in [0.717, 1.165) is 32.1 Å². The van der Waals surface area contributed by atoms with Crippen LogP contribution in [-0.4, -0.2) is 66.3 Å².